The first kappa shape index (κ1) is 22.3. The molecular formula is C20H18ClF4N5O2. The van der Waals surface area contributed by atoms with Gasteiger partial charge in [0.15, 0.2) is 0 Å². The third kappa shape index (κ3) is 3.65. The van der Waals surface area contributed by atoms with Crippen LogP contribution in [0.2, 0.25) is 5.02 Å². The zero-order valence-electron chi connectivity index (χ0n) is 17.0. The fourth-order valence-electron chi connectivity index (χ4n) is 3.96. The molecule has 0 amide bonds. The molecule has 0 spiro atoms. The number of benzene rings is 1. The number of hydrogen-bond acceptors (Lipinski definition) is 5. The number of nitrogens with one attached hydrogen (secondary N) is 1. The van der Waals surface area contributed by atoms with E-state index in [9.17, 15) is 22.4 Å². The van der Waals surface area contributed by atoms with Crippen molar-refractivity contribution in [1.29, 1.82) is 0 Å². The minimum absolute atomic E-state index is 0.0110. The average molecular weight is 472 g/mol. The average Bonchev–Trinajstić information content (AvgIpc) is 3.18. The van der Waals surface area contributed by atoms with Crippen LogP contribution in [-0.2, 0) is 29.6 Å². The van der Waals surface area contributed by atoms with Crippen molar-refractivity contribution in [2.45, 2.75) is 31.8 Å². The van der Waals surface area contributed by atoms with Gasteiger partial charge in [-0.1, -0.05) is 17.7 Å². The van der Waals surface area contributed by atoms with Crippen LogP contribution in [0.4, 0.5) is 23.2 Å². The van der Waals surface area contributed by atoms with Gasteiger partial charge in [-0.15, -0.1) is 0 Å². The first-order valence-corrected chi connectivity index (χ1v) is 9.89. The zero-order valence-corrected chi connectivity index (χ0v) is 17.8. The van der Waals surface area contributed by atoms with Crippen LogP contribution in [0.25, 0.3) is 0 Å². The van der Waals surface area contributed by atoms with E-state index in [2.05, 4.69) is 15.2 Å². The predicted octanol–water partition coefficient (Wildman–Crippen LogP) is 3.71. The first-order chi connectivity index (χ1) is 15.1. The molecule has 12 heteroatoms. The number of anilines is 1. The number of nitrogens with zero attached hydrogens (tertiary/aromatic N) is 4. The van der Waals surface area contributed by atoms with Gasteiger partial charge in [0.05, 0.1) is 35.9 Å². The van der Waals surface area contributed by atoms with Crippen molar-refractivity contribution in [2.24, 2.45) is 0 Å². The maximum Gasteiger partial charge on any atom is 0.416 e. The highest BCUT2D eigenvalue weighted by Crippen LogP contribution is 2.42. The molecule has 1 unspecified atom stereocenters. The molecule has 7 nitrogen and oxygen atoms in total. The van der Waals surface area contributed by atoms with Crippen LogP contribution in [0.1, 0.15) is 29.6 Å². The van der Waals surface area contributed by atoms with E-state index in [1.54, 1.807) is 9.47 Å². The number of ether oxygens (including phenoxy) is 1. The molecule has 0 fully saturated rings. The molecule has 0 bridgehead atoms. The molecule has 4 rings (SSSR count). The van der Waals surface area contributed by atoms with E-state index in [0.29, 0.717) is 36.4 Å². The van der Waals surface area contributed by atoms with E-state index in [0.717, 1.165) is 12.1 Å². The molecule has 0 radical (unpaired) electrons. The van der Waals surface area contributed by atoms with Gasteiger partial charge in [0, 0.05) is 25.8 Å². The molecule has 0 saturated heterocycles. The summed E-state index contributed by atoms with van der Waals surface area (Å²) >= 11 is 6.10. The summed E-state index contributed by atoms with van der Waals surface area (Å²) in [6, 6.07) is 2.52. The van der Waals surface area contributed by atoms with Gasteiger partial charge in [-0.25, -0.2) is 14.5 Å². The second-order valence-electron chi connectivity index (χ2n) is 7.46. The Hall–Kier alpha value is -2.92. The predicted molar refractivity (Wildman–Crippen MR) is 108 cm³/mol. The summed E-state index contributed by atoms with van der Waals surface area (Å²) in [7, 11) is 1.29. The molecule has 2 aromatic heterocycles. The quantitative estimate of drug-likeness (QED) is 0.587. The number of aromatic nitrogens is 4. The largest absolute Gasteiger partial charge is 0.416 e. The Morgan fingerprint density at radius 2 is 1.94 bits per heavy atom. The van der Waals surface area contributed by atoms with E-state index < -0.39 is 28.7 Å². The topological polar surface area (TPSA) is 76.0 Å². The lowest BCUT2D eigenvalue weighted by Crippen LogP contribution is -2.38. The van der Waals surface area contributed by atoms with Gasteiger partial charge < -0.3 is 14.2 Å². The summed E-state index contributed by atoms with van der Waals surface area (Å²) in [6.45, 7) is 2.48. The first-order valence-electron chi connectivity index (χ1n) is 9.51. The van der Waals surface area contributed by atoms with Gasteiger partial charge in [0.2, 0.25) is 0 Å². The second-order valence-corrected chi connectivity index (χ2v) is 7.83. The van der Waals surface area contributed by atoms with Crippen molar-refractivity contribution >= 4 is 17.3 Å². The Morgan fingerprint density at radius 3 is 2.62 bits per heavy atom. The molecule has 1 aliphatic rings. The highest BCUT2D eigenvalue weighted by molar-refractivity contribution is 6.32. The van der Waals surface area contributed by atoms with E-state index in [1.807, 2.05) is 0 Å². The Bertz CT molecular complexity index is 1230. The number of alkyl halides is 3. The SMILES string of the molecule is COC(C)(c1ccc(F)cc1C(F)(F)F)c1cnc2n1CCN(c1cn[nH]c(=O)c1Cl)C2. The standard InChI is InChI=1S/C20H18ClF4N5O2/c1-19(32-2,12-4-3-11(22)7-13(12)20(23,24)25)15-9-26-16-10-29(5-6-30(15)16)14-8-27-28-18(31)17(14)21/h3-4,7-9H,5-6,10H2,1-2H3,(H,28,31). The normalized spacial score (nSPS) is 16.0. The smallest absolute Gasteiger partial charge is 0.367 e. The van der Waals surface area contributed by atoms with Gasteiger partial charge in [0.1, 0.15) is 22.3 Å². The highest BCUT2D eigenvalue weighted by atomic mass is 35.5. The van der Waals surface area contributed by atoms with Crippen molar-refractivity contribution < 1.29 is 22.3 Å². The number of imidazole rings is 1. The van der Waals surface area contributed by atoms with Gasteiger partial charge in [-0.05, 0) is 19.1 Å². The Labute approximate surface area is 184 Å². The second kappa shape index (κ2) is 7.89. The molecule has 1 aromatic carbocycles. The maximum atomic E-state index is 13.7. The molecule has 3 heterocycles. The van der Waals surface area contributed by atoms with Crippen LogP contribution < -0.4 is 10.5 Å². The number of halogens is 5. The molecule has 1 atom stereocenters. The number of rotatable bonds is 4. The van der Waals surface area contributed by atoms with Crippen molar-refractivity contribution in [3.63, 3.8) is 0 Å². The van der Waals surface area contributed by atoms with Gasteiger partial charge in [-0.3, -0.25) is 4.79 Å². The van der Waals surface area contributed by atoms with Crippen LogP contribution in [-0.4, -0.2) is 33.4 Å². The zero-order chi connectivity index (χ0) is 23.3. The number of hydrogen-bond donors (Lipinski definition) is 1. The molecule has 32 heavy (non-hydrogen) atoms. The lowest BCUT2D eigenvalue weighted by molar-refractivity contribution is -0.140. The van der Waals surface area contributed by atoms with Gasteiger partial charge in [-0.2, -0.15) is 18.3 Å². The number of fused-ring (bicyclic) bond motifs is 1. The third-order valence-electron chi connectivity index (χ3n) is 5.68. The minimum Gasteiger partial charge on any atom is -0.367 e. The number of aromatic amines is 1. The van der Waals surface area contributed by atoms with Gasteiger partial charge >= 0.3 is 6.18 Å². The summed E-state index contributed by atoms with van der Waals surface area (Å²) < 4.78 is 62.1. The van der Waals surface area contributed by atoms with E-state index in [1.165, 1.54) is 26.4 Å². The van der Waals surface area contributed by atoms with Crippen LogP contribution in [0, 0.1) is 5.82 Å². The molecular weight excluding hydrogens is 454 g/mol. The van der Waals surface area contributed by atoms with Crippen LogP contribution >= 0.6 is 11.6 Å². The summed E-state index contributed by atoms with van der Waals surface area (Å²) in [5.74, 6) is -0.449. The fourth-order valence-corrected chi connectivity index (χ4v) is 4.17. The van der Waals surface area contributed by atoms with E-state index in [-0.39, 0.29) is 17.1 Å². The van der Waals surface area contributed by atoms with Crippen LogP contribution in [0.5, 0.6) is 0 Å². The Kier molecular flexibility index (Phi) is 5.49. The molecule has 3 aromatic rings. The van der Waals surface area contributed by atoms with Crippen molar-refractivity contribution in [2.75, 3.05) is 18.6 Å². The van der Waals surface area contributed by atoms with E-state index in [4.69, 9.17) is 16.3 Å². The number of methoxy groups -OCH3 is 1. The molecule has 0 saturated carbocycles. The molecule has 1 aliphatic heterocycles. The molecule has 170 valence electrons. The molecule has 0 aliphatic carbocycles. The van der Waals surface area contributed by atoms with Crippen molar-refractivity contribution in [3.8, 4) is 0 Å². The van der Waals surface area contributed by atoms with Crippen molar-refractivity contribution in [1.82, 2.24) is 19.7 Å². The summed E-state index contributed by atoms with van der Waals surface area (Å²) in [5.41, 5.74) is -2.59. The Balaban J connectivity index is 1.76. The fraction of sp³-hybridized carbons (Fsp3) is 0.350. The number of H-pyrrole nitrogens is 1. The summed E-state index contributed by atoms with van der Waals surface area (Å²) in [6.07, 6.45) is -1.90. The van der Waals surface area contributed by atoms with Gasteiger partial charge in [0.25, 0.3) is 5.56 Å². The van der Waals surface area contributed by atoms with Crippen molar-refractivity contribution in [3.05, 3.63) is 74.4 Å². The summed E-state index contributed by atoms with van der Waals surface area (Å²) in [5, 5.41) is 6.00. The monoisotopic (exact) mass is 471 g/mol. The lowest BCUT2D eigenvalue weighted by Gasteiger charge is -2.35. The molecule has 1 N–H and O–H groups in total. The summed E-state index contributed by atoms with van der Waals surface area (Å²) in [4.78, 5) is 17.9. The van der Waals surface area contributed by atoms with E-state index >= 15 is 0 Å². The lowest BCUT2D eigenvalue weighted by atomic mass is 9.88. The Morgan fingerprint density at radius 1 is 1.19 bits per heavy atom. The van der Waals surface area contributed by atoms with Crippen LogP contribution in [0.3, 0.4) is 0 Å². The minimum atomic E-state index is -4.77. The highest BCUT2D eigenvalue weighted by Gasteiger charge is 2.43. The third-order valence-corrected chi connectivity index (χ3v) is 6.05. The maximum absolute atomic E-state index is 13.7. The van der Waals surface area contributed by atoms with Crippen LogP contribution in [0.15, 0.2) is 35.4 Å².